The Labute approximate surface area is 102 Å². The van der Waals surface area contributed by atoms with Gasteiger partial charge in [-0.15, -0.1) is 0 Å². The van der Waals surface area contributed by atoms with Gasteiger partial charge in [-0.3, -0.25) is 0 Å². The van der Waals surface area contributed by atoms with E-state index >= 15 is 0 Å². The van der Waals surface area contributed by atoms with Crippen LogP contribution in [0.2, 0.25) is 0 Å². The molecule has 0 aromatic carbocycles. The minimum atomic E-state index is 0.290. The highest BCUT2D eigenvalue weighted by atomic mass is 32.1. The summed E-state index contributed by atoms with van der Waals surface area (Å²) in [4.78, 5) is 10.8. The summed E-state index contributed by atoms with van der Waals surface area (Å²) in [6.07, 6.45) is 5.50. The van der Waals surface area contributed by atoms with Crippen molar-refractivity contribution in [3.05, 3.63) is 18.1 Å². The van der Waals surface area contributed by atoms with Gasteiger partial charge >= 0.3 is 0 Å². The number of hydrogen-bond donors (Lipinski definition) is 1. The highest BCUT2D eigenvalue weighted by Gasteiger charge is 2.16. The largest absolute Gasteiger partial charge is 0.388 e. The first-order valence-electron chi connectivity index (χ1n) is 5.41. The summed E-state index contributed by atoms with van der Waals surface area (Å²) in [7, 11) is 1.99. The van der Waals surface area contributed by atoms with E-state index < -0.39 is 0 Å². The monoisotopic (exact) mass is 238 g/mol. The molecule has 1 aromatic rings. The SMILES string of the molecule is CCCC(C)N(C)c1nccnc1C(N)=S. The number of thiocarbonyl (C=S) groups is 1. The third-order valence-corrected chi connectivity index (χ3v) is 2.81. The summed E-state index contributed by atoms with van der Waals surface area (Å²) in [6, 6.07) is 0.398. The van der Waals surface area contributed by atoms with Gasteiger partial charge in [0, 0.05) is 25.5 Å². The fourth-order valence-electron chi connectivity index (χ4n) is 1.58. The van der Waals surface area contributed by atoms with Gasteiger partial charge in [-0.1, -0.05) is 25.6 Å². The molecular formula is C11H18N4S. The molecule has 5 heteroatoms. The molecule has 0 saturated carbocycles. The van der Waals surface area contributed by atoms with Crippen LogP contribution in [0.1, 0.15) is 32.4 Å². The zero-order chi connectivity index (χ0) is 12.1. The van der Waals surface area contributed by atoms with Crippen LogP contribution in [0.3, 0.4) is 0 Å². The maximum Gasteiger partial charge on any atom is 0.157 e. The minimum Gasteiger partial charge on any atom is -0.388 e. The van der Waals surface area contributed by atoms with Crippen LogP contribution in [-0.4, -0.2) is 28.0 Å². The van der Waals surface area contributed by atoms with Crippen molar-refractivity contribution in [3.63, 3.8) is 0 Å². The Kier molecular flexibility index (Phi) is 4.61. The average molecular weight is 238 g/mol. The molecule has 0 bridgehead atoms. The molecule has 0 spiro atoms. The van der Waals surface area contributed by atoms with E-state index in [-0.39, 0.29) is 0 Å². The Hall–Kier alpha value is -1.23. The molecule has 1 aromatic heterocycles. The van der Waals surface area contributed by atoms with Crippen molar-refractivity contribution in [2.24, 2.45) is 5.73 Å². The van der Waals surface area contributed by atoms with Crippen molar-refractivity contribution in [2.45, 2.75) is 32.7 Å². The van der Waals surface area contributed by atoms with E-state index in [1.54, 1.807) is 12.4 Å². The Balaban J connectivity index is 2.98. The molecule has 0 aliphatic rings. The third-order valence-electron chi connectivity index (χ3n) is 2.61. The van der Waals surface area contributed by atoms with Gasteiger partial charge in [0.1, 0.15) is 10.7 Å². The summed E-state index contributed by atoms with van der Waals surface area (Å²) >= 11 is 4.97. The molecule has 0 radical (unpaired) electrons. The second kappa shape index (κ2) is 5.75. The lowest BCUT2D eigenvalue weighted by molar-refractivity contribution is 0.610. The predicted molar refractivity (Wildman–Crippen MR) is 70.7 cm³/mol. The van der Waals surface area contributed by atoms with E-state index in [9.17, 15) is 0 Å². The number of nitrogens with zero attached hydrogens (tertiary/aromatic N) is 3. The topological polar surface area (TPSA) is 55.0 Å². The van der Waals surface area contributed by atoms with Crippen molar-refractivity contribution in [1.29, 1.82) is 0 Å². The molecule has 4 nitrogen and oxygen atoms in total. The molecule has 1 heterocycles. The van der Waals surface area contributed by atoms with Gasteiger partial charge in [0.15, 0.2) is 5.82 Å². The Morgan fingerprint density at radius 3 is 2.69 bits per heavy atom. The van der Waals surface area contributed by atoms with Crippen molar-refractivity contribution in [3.8, 4) is 0 Å². The van der Waals surface area contributed by atoms with E-state index in [0.717, 1.165) is 18.7 Å². The van der Waals surface area contributed by atoms with Crippen LogP contribution in [0.4, 0.5) is 5.82 Å². The van der Waals surface area contributed by atoms with Crippen molar-refractivity contribution in [2.75, 3.05) is 11.9 Å². The quantitative estimate of drug-likeness (QED) is 0.792. The third kappa shape index (κ3) is 2.88. The summed E-state index contributed by atoms with van der Waals surface area (Å²) in [5, 5.41) is 0. The fraction of sp³-hybridized carbons (Fsp3) is 0.545. The maximum absolute atomic E-state index is 5.63. The lowest BCUT2D eigenvalue weighted by Gasteiger charge is -2.26. The van der Waals surface area contributed by atoms with E-state index in [1.807, 2.05) is 7.05 Å². The van der Waals surface area contributed by atoms with Crippen LogP contribution in [0.5, 0.6) is 0 Å². The fourth-order valence-corrected chi connectivity index (χ4v) is 1.73. The molecule has 0 aliphatic carbocycles. The second-order valence-corrected chi connectivity index (χ2v) is 4.28. The van der Waals surface area contributed by atoms with Gasteiger partial charge in [0.2, 0.25) is 0 Å². The normalized spacial score (nSPS) is 12.2. The maximum atomic E-state index is 5.63. The van der Waals surface area contributed by atoms with Gasteiger partial charge in [0.25, 0.3) is 0 Å². The Bertz CT molecular complexity index is 367. The minimum absolute atomic E-state index is 0.290. The molecule has 0 amide bonds. The lowest BCUT2D eigenvalue weighted by Crippen LogP contribution is -2.32. The van der Waals surface area contributed by atoms with Crippen molar-refractivity contribution in [1.82, 2.24) is 9.97 Å². The van der Waals surface area contributed by atoms with Crippen LogP contribution < -0.4 is 10.6 Å². The van der Waals surface area contributed by atoms with Gasteiger partial charge in [-0.2, -0.15) is 0 Å². The second-order valence-electron chi connectivity index (χ2n) is 3.84. The Morgan fingerprint density at radius 2 is 2.12 bits per heavy atom. The van der Waals surface area contributed by atoms with Crippen LogP contribution in [0.25, 0.3) is 0 Å². The highest BCUT2D eigenvalue weighted by molar-refractivity contribution is 7.80. The van der Waals surface area contributed by atoms with Crippen LogP contribution in [0, 0.1) is 0 Å². The molecule has 1 unspecified atom stereocenters. The van der Waals surface area contributed by atoms with Gasteiger partial charge in [0.05, 0.1) is 0 Å². The number of rotatable bonds is 5. The zero-order valence-electron chi connectivity index (χ0n) is 9.97. The summed E-state index contributed by atoms with van der Waals surface area (Å²) in [5.41, 5.74) is 6.23. The standard InChI is InChI=1S/C11H18N4S/c1-4-5-8(2)15(3)11-9(10(12)16)13-6-7-14-11/h6-8H,4-5H2,1-3H3,(H2,12,16). The molecule has 88 valence electrons. The van der Waals surface area contributed by atoms with Crippen LogP contribution >= 0.6 is 12.2 Å². The molecule has 1 atom stereocenters. The molecule has 0 fully saturated rings. The van der Waals surface area contributed by atoms with Gasteiger partial charge in [-0.25, -0.2) is 9.97 Å². The zero-order valence-corrected chi connectivity index (χ0v) is 10.8. The molecule has 1 rings (SSSR count). The molecule has 0 aliphatic heterocycles. The average Bonchev–Trinajstić information content (AvgIpc) is 2.28. The molecular weight excluding hydrogens is 220 g/mol. The number of hydrogen-bond acceptors (Lipinski definition) is 4. The van der Waals surface area contributed by atoms with Gasteiger partial charge in [-0.05, 0) is 13.3 Å². The molecule has 0 saturated heterocycles. The highest BCUT2D eigenvalue weighted by Crippen LogP contribution is 2.17. The lowest BCUT2D eigenvalue weighted by atomic mass is 10.1. The van der Waals surface area contributed by atoms with Crippen molar-refractivity contribution < 1.29 is 0 Å². The van der Waals surface area contributed by atoms with E-state index in [0.29, 0.717) is 16.7 Å². The predicted octanol–water partition coefficient (Wildman–Crippen LogP) is 1.74. The first-order valence-corrected chi connectivity index (χ1v) is 5.82. The van der Waals surface area contributed by atoms with E-state index in [2.05, 4.69) is 28.7 Å². The van der Waals surface area contributed by atoms with E-state index in [1.165, 1.54) is 0 Å². The molecule has 2 N–H and O–H groups in total. The number of nitrogens with two attached hydrogens (primary N) is 1. The number of aromatic nitrogens is 2. The summed E-state index contributed by atoms with van der Waals surface area (Å²) in [5.74, 6) is 0.760. The first kappa shape index (κ1) is 12.8. The smallest absolute Gasteiger partial charge is 0.157 e. The van der Waals surface area contributed by atoms with Crippen LogP contribution in [0.15, 0.2) is 12.4 Å². The van der Waals surface area contributed by atoms with Crippen molar-refractivity contribution >= 4 is 23.0 Å². The molecule has 16 heavy (non-hydrogen) atoms. The van der Waals surface area contributed by atoms with Gasteiger partial charge < -0.3 is 10.6 Å². The van der Waals surface area contributed by atoms with Crippen LogP contribution in [-0.2, 0) is 0 Å². The Morgan fingerprint density at radius 1 is 1.50 bits per heavy atom. The summed E-state index contributed by atoms with van der Waals surface area (Å²) in [6.45, 7) is 4.32. The number of anilines is 1. The van der Waals surface area contributed by atoms with E-state index in [4.69, 9.17) is 18.0 Å². The first-order chi connectivity index (χ1) is 7.57. The summed E-state index contributed by atoms with van der Waals surface area (Å²) < 4.78 is 0.